The van der Waals surface area contributed by atoms with Crippen LogP contribution in [0.3, 0.4) is 0 Å². The van der Waals surface area contributed by atoms with Gasteiger partial charge in [0.2, 0.25) is 0 Å². The van der Waals surface area contributed by atoms with Gasteiger partial charge < -0.3 is 14.4 Å². The number of hydrogen-bond donors (Lipinski definition) is 0. The van der Waals surface area contributed by atoms with Gasteiger partial charge >= 0.3 is 12.1 Å². The van der Waals surface area contributed by atoms with Crippen LogP contribution in [0.5, 0.6) is 0 Å². The largest absolute Gasteiger partial charge is 0.467 e. The zero-order valence-corrected chi connectivity index (χ0v) is 16.3. The third-order valence-electron chi connectivity index (χ3n) is 6.01. The van der Waals surface area contributed by atoms with Crippen molar-refractivity contribution in [1.29, 1.82) is 0 Å². The van der Waals surface area contributed by atoms with Crippen molar-refractivity contribution in [3.8, 4) is 0 Å². The van der Waals surface area contributed by atoms with Gasteiger partial charge in [-0.2, -0.15) is 0 Å². The van der Waals surface area contributed by atoms with Crippen LogP contribution in [0.1, 0.15) is 31.7 Å². The minimum atomic E-state index is -0.531. The fourth-order valence-electron chi connectivity index (χ4n) is 4.44. The molecule has 3 rings (SSSR count). The molecule has 0 aliphatic carbocycles. The molecular formula is C21H30N2O4. The predicted molar refractivity (Wildman–Crippen MR) is 102 cm³/mol. The van der Waals surface area contributed by atoms with Gasteiger partial charge in [0.1, 0.15) is 12.6 Å². The van der Waals surface area contributed by atoms with E-state index < -0.39 is 12.1 Å². The first kappa shape index (κ1) is 19.7. The Labute approximate surface area is 161 Å². The Kier molecular flexibility index (Phi) is 6.72. The van der Waals surface area contributed by atoms with E-state index in [1.807, 2.05) is 30.3 Å². The Morgan fingerprint density at radius 1 is 1.07 bits per heavy atom. The second kappa shape index (κ2) is 9.22. The Morgan fingerprint density at radius 3 is 2.41 bits per heavy atom. The Hall–Kier alpha value is -2.08. The van der Waals surface area contributed by atoms with E-state index in [4.69, 9.17) is 9.47 Å². The highest BCUT2D eigenvalue weighted by Crippen LogP contribution is 2.37. The summed E-state index contributed by atoms with van der Waals surface area (Å²) >= 11 is 0. The minimum absolute atomic E-state index is 0.153. The fourth-order valence-corrected chi connectivity index (χ4v) is 4.44. The third kappa shape index (κ3) is 4.61. The van der Waals surface area contributed by atoms with Crippen molar-refractivity contribution in [3.63, 3.8) is 0 Å². The lowest BCUT2D eigenvalue weighted by atomic mass is 9.80. The van der Waals surface area contributed by atoms with Crippen molar-refractivity contribution >= 4 is 12.1 Å². The number of rotatable bonds is 5. The lowest BCUT2D eigenvalue weighted by Crippen LogP contribution is -2.47. The number of methoxy groups -OCH3 is 1. The van der Waals surface area contributed by atoms with Gasteiger partial charge in [-0.05, 0) is 56.3 Å². The molecule has 6 heteroatoms. The second-order valence-corrected chi connectivity index (χ2v) is 7.43. The molecule has 0 spiro atoms. The van der Waals surface area contributed by atoms with Crippen LogP contribution >= 0.6 is 0 Å². The Bertz CT molecular complexity index is 628. The summed E-state index contributed by atoms with van der Waals surface area (Å²) < 4.78 is 10.5. The summed E-state index contributed by atoms with van der Waals surface area (Å²) in [6.45, 7) is 6.12. The number of benzene rings is 1. The summed E-state index contributed by atoms with van der Waals surface area (Å²) in [5, 5.41) is 0. The summed E-state index contributed by atoms with van der Waals surface area (Å²) in [4.78, 5) is 29.2. The number of nitrogens with zero attached hydrogens (tertiary/aromatic N) is 2. The normalized spacial score (nSPS) is 24.0. The third-order valence-corrected chi connectivity index (χ3v) is 6.01. The predicted octanol–water partition coefficient (Wildman–Crippen LogP) is 2.92. The lowest BCUT2D eigenvalue weighted by molar-refractivity contribution is -0.147. The van der Waals surface area contributed by atoms with Crippen LogP contribution in [0.25, 0.3) is 0 Å². The lowest BCUT2D eigenvalue weighted by Gasteiger charge is -2.36. The van der Waals surface area contributed by atoms with Gasteiger partial charge in [-0.15, -0.1) is 0 Å². The molecule has 0 N–H and O–H groups in total. The summed E-state index contributed by atoms with van der Waals surface area (Å²) in [7, 11) is 1.39. The van der Waals surface area contributed by atoms with Crippen LogP contribution < -0.4 is 0 Å². The monoisotopic (exact) mass is 374 g/mol. The van der Waals surface area contributed by atoms with Gasteiger partial charge in [-0.3, -0.25) is 4.90 Å². The summed E-state index contributed by atoms with van der Waals surface area (Å²) in [5.41, 5.74) is 0.933. The molecule has 0 radical (unpaired) electrons. The van der Waals surface area contributed by atoms with Gasteiger partial charge in [0.15, 0.2) is 0 Å². The average molecular weight is 374 g/mol. The molecule has 6 nitrogen and oxygen atoms in total. The zero-order chi connectivity index (χ0) is 19.2. The van der Waals surface area contributed by atoms with Gasteiger partial charge in [0, 0.05) is 6.54 Å². The maximum atomic E-state index is 12.7. The van der Waals surface area contributed by atoms with Crippen molar-refractivity contribution in [3.05, 3.63) is 35.9 Å². The molecule has 1 aromatic carbocycles. The number of carbonyl (C=O) groups excluding carboxylic acids is 2. The summed E-state index contributed by atoms with van der Waals surface area (Å²) in [6.07, 6.45) is 2.54. The van der Waals surface area contributed by atoms with Gasteiger partial charge in [-0.1, -0.05) is 37.3 Å². The van der Waals surface area contributed by atoms with Crippen molar-refractivity contribution in [2.45, 2.75) is 38.8 Å². The van der Waals surface area contributed by atoms with Gasteiger partial charge in [0.05, 0.1) is 7.11 Å². The van der Waals surface area contributed by atoms with E-state index in [9.17, 15) is 9.59 Å². The topological polar surface area (TPSA) is 59.1 Å². The molecule has 0 bridgehead atoms. The number of ether oxygens (including phenoxy) is 2. The van der Waals surface area contributed by atoms with E-state index in [2.05, 4.69) is 11.8 Å². The SMILES string of the molecule is CCN1CCC(C2CCN(C(=O)OCc3ccccc3)C2C(=O)OC)CC1. The van der Waals surface area contributed by atoms with Crippen molar-refractivity contribution in [1.82, 2.24) is 9.80 Å². The number of piperidine rings is 1. The molecule has 2 saturated heterocycles. The van der Waals surface area contributed by atoms with Crippen molar-refractivity contribution in [2.75, 3.05) is 33.3 Å². The molecule has 2 unspecified atom stereocenters. The molecule has 2 aliphatic heterocycles. The second-order valence-electron chi connectivity index (χ2n) is 7.43. The first-order valence-corrected chi connectivity index (χ1v) is 9.91. The molecule has 2 heterocycles. The number of likely N-dealkylation sites (tertiary alicyclic amines) is 2. The standard InChI is InChI=1S/C21H30N2O4/c1-3-22-12-9-17(10-13-22)18-11-14-23(19(18)20(24)26-2)21(25)27-15-16-7-5-4-6-8-16/h4-8,17-19H,3,9-15H2,1-2H3. The highest BCUT2D eigenvalue weighted by atomic mass is 16.6. The number of esters is 1. The van der Waals surface area contributed by atoms with Crippen molar-refractivity contribution < 1.29 is 19.1 Å². The molecule has 2 fully saturated rings. The molecule has 1 amide bonds. The number of hydrogen-bond acceptors (Lipinski definition) is 5. The highest BCUT2D eigenvalue weighted by molar-refractivity contribution is 5.82. The van der Waals surface area contributed by atoms with Crippen LogP contribution in [0.15, 0.2) is 30.3 Å². The Morgan fingerprint density at radius 2 is 1.78 bits per heavy atom. The van der Waals surface area contributed by atoms with Crippen LogP contribution in [-0.2, 0) is 20.9 Å². The maximum Gasteiger partial charge on any atom is 0.410 e. The summed E-state index contributed by atoms with van der Waals surface area (Å²) in [5.74, 6) is 0.275. The molecule has 27 heavy (non-hydrogen) atoms. The maximum absolute atomic E-state index is 12.7. The molecule has 1 aromatic rings. The molecule has 0 saturated carbocycles. The number of amides is 1. The fraction of sp³-hybridized carbons (Fsp3) is 0.619. The van der Waals surface area contributed by atoms with E-state index in [1.54, 1.807) is 4.90 Å². The molecule has 2 aliphatic rings. The van der Waals surface area contributed by atoms with Crippen LogP contribution in [0, 0.1) is 11.8 Å². The van der Waals surface area contributed by atoms with E-state index >= 15 is 0 Å². The van der Waals surface area contributed by atoms with E-state index in [0.29, 0.717) is 12.5 Å². The first-order valence-electron chi connectivity index (χ1n) is 9.91. The average Bonchev–Trinajstić information content (AvgIpc) is 3.17. The molecule has 0 aromatic heterocycles. The highest BCUT2D eigenvalue weighted by Gasteiger charge is 2.46. The number of carbonyl (C=O) groups is 2. The van der Waals surface area contributed by atoms with Crippen LogP contribution in [-0.4, -0.2) is 61.2 Å². The summed E-state index contributed by atoms with van der Waals surface area (Å²) in [6, 6.07) is 9.05. The first-order chi connectivity index (χ1) is 13.1. The van der Waals surface area contributed by atoms with Gasteiger partial charge in [0.25, 0.3) is 0 Å². The van der Waals surface area contributed by atoms with Gasteiger partial charge in [-0.25, -0.2) is 9.59 Å². The van der Waals surface area contributed by atoms with E-state index in [-0.39, 0.29) is 18.5 Å². The minimum Gasteiger partial charge on any atom is -0.467 e. The Balaban J connectivity index is 1.64. The zero-order valence-electron chi connectivity index (χ0n) is 16.3. The smallest absolute Gasteiger partial charge is 0.410 e. The quantitative estimate of drug-likeness (QED) is 0.742. The van der Waals surface area contributed by atoms with E-state index in [0.717, 1.165) is 44.5 Å². The molecular weight excluding hydrogens is 344 g/mol. The van der Waals surface area contributed by atoms with E-state index in [1.165, 1.54) is 7.11 Å². The molecule has 2 atom stereocenters. The van der Waals surface area contributed by atoms with Crippen LogP contribution in [0.4, 0.5) is 4.79 Å². The van der Waals surface area contributed by atoms with Crippen molar-refractivity contribution in [2.24, 2.45) is 11.8 Å². The van der Waals surface area contributed by atoms with Crippen LogP contribution in [0.2, 0.25) is 0 Å². The molecule has 148 valence electrons.